The van der Waals surface area contributed by atoms with Crippen LogP contribution in [0.1, 0.15) is 0 Å². The maximum atomic E-state index is 5.23. The normalized spacial score (nSPS) is 11.0. The molecule has 0 aliphatic heterocycles. The number of ether oxygens (including phenoxy) is 2. The molecule has 1 N–H and O–H groups in total. The highest BCUT2D eigenvalue weighted by molar-refractivity contribution is 7.24. The Balaban J connectivity index is 1.66. The van der Waals surface area contributed by atoms with Gasteiger partial charge in [0, 0.05) is 12.1 Å². The minimum atomic E-state index is 0.807. The highest BCUT2D eigenvalue weighted by atomic mass is 32.1. The van der Waals surface area contributed by atoms with Crippen molar-refractivity contribution in [1.82, 2.24) is 9.97 Å². The maximum absolute atomic E-state index is 5.23. The molecule has 2 aromatic carbocycles. The molecule has 2 heterocycles. The number of thiazole rings is 2. The number of nitrogens with zero attached hydrogens (tertiary/aromatic N) is 2. The number of aromatic nitrogens is 2. The van der Waals surface area contributed by atoms with E-state index >= 15 is 0 Å². The van der Waals surface area contributed by atoms with Crippen LogP contribution >= 0.6 is 22.7 Å². The summed E-state index contributed by atoms with van der Waals surface area (Å²) in [6.45, 7) is 0. The van der Waals surface area contributed by atoms with E-state index in [2.05, 4.69) is 15.3 Å². The van der Waals surface area contributed by atoms with Gasteiger partial charge in [0.2, 0.25) is 0 Å². The van der Waals surface area contributed by atoms with Crippen LogP contribution in [0.4, 0.5) is 10.3 Å². The van der Waals surface area contributed by atoms with Crippen LogP contribution in [-0.4, -0.2) is 24.2 Å². The van der Waals surface area contributed by atoms with Crippen LogP contribution in [0.5, 0.6) is 11.5 Å². The van der Waals surface area contributed by atoms with E-state index in [4.69, 9.17) is 9.47 Å². The summed E-state index contributed by atoms with van der Waals surface area (Å²) >= 11 is 3.19. The molecule has 0 atom stereocenters. The molecule has 5 nitrogen and oxygen atoms in total. The molecule has 0 spiro atoms. The van der Waals surface area contributed by atoms with E-state index < -0.39 is 0 Å². The highest BCUT2D eigenvalue weighted by Gasteiger charge is 2.09. The van der Waals surface area contributed by atoms with Gasteiger partial charge in [-0.25, -0.2) is 9.97 Å². The van der Waals surface area contributed by atoms with Crippen molar-refractivity contribution in [3.05, 3.63) is 36.4 Å². The summed E-state index contributed by atoms with van der Waals surface area (Å²) in [5.41, 5.74) is 1.83. The largest absolute Gasteiger partial charge is 0.497 e. The van der Waals surface area contributed by atoms with Crippen molar-refractivity contribution < 1.29 is 9.47 Å². The van der Waals surface area contributed by atoms with E-state index in [9.17, 15) is 0 Å². The number of nitrogens with one attached hydrogen (secondary N) is 1. The van der Waals surface area contributed by atoms with E-state index in [1.165, 1.54) is 0 Å². The number of hydrogen-bond donors (Lipinski definition) is 1. The predicted molar refractivity (Wildman–Crippen MR) is 95.6 cm³/mol. The Bertz CT molecular complexity index is 913. The Labute approximate surface area is 140 Å². The lowest BCUT2D eigenvalue weighted by atomic mass is 10.3. The Kier molecular flexibility index (Phi) is 3.51. The maximum Gasteiger partial charge on any atom is 0.190 e. The van der Waals surface area contributed by atoms with Crippen molar-refractivity contribution in [3.8, 4) is 11.5 Å². The minimum absolute atomic E-state index is 0.807. The SMILES string of the molecule is COc1ccc2sc(Nc3nc4cc(OC)ccc4s3)nc2c1. The second-order valence-corrected chi connectivity index (χ2v) is 6.89. The molecular formula is C16H13N3O2S2. The van der Waals surface area contributed by atoms with Crippen molar-refractivity contribution in [2.24, 2.45) is 0 Å². The van der Waals surface area contributed by atoms with E-state index in [1.807, 2.05) is 36.4 Å². The van der Waals surface area contributed by atoms with Gasteiger partial charge < -0.3 is 14.8 Å². The van der Waals surface area contributed by atoms with Gasteiger partial charge in [0.1, 0.15) is 11.5 Å². The zero-order valence-electron chi connectivity index (χ0n) is 12.5. The lowest BCUT2D eigenvalue weighted by Crippen LogP contribution is -1.87. The van der Waals surface area contributed by atoms with Gasteiger partial charge in [-0.05, 0) is 24.3 Å². The molecule has 0 saturated carbocycles. The Hall–Kier alpha value is -2.38. The van der Waals surface area contributed by atoms with Gasteiger partial charge in [-0.15, -0.1) is 0 Å². The fourth-order valence-corrected chi connectivity index (χ4v) is 4.02. The summed E-state index contributed by atoms with van der Waals surface area (Å²) in [7, 11) is 3.31. The third kappa shape index (κ3) is 2.69. The lowest BCUT2D eigenvalue weighted by Gasteiger charge is -1.96. The third-order valence-corrected chi connectivity index (χ3v) is 5.31. The minimum Gasteiger partial charge on any atom is -0.497 e. The van der Waals surface area contributed by atoms with Gasteiger partial charge in [0.15, 0.2) is 10.3 Å². The van der Waals surface area contributed by atoms with Crippen LogP contribution in [0.15, 0.2) is 36.4 Å². The predicted octanol–water partition coefficient (Wildman–Crippen LogP) is 4.67. The zero-order chi connectivity index (χ0) is 15.8. The average molecular weight is 343 g/mol. The number of anilines is 2. The van der Waals surface area contributed by atoms with Crippen molar-refractivity contribution in [1.29, 1.82) is 0 Å². The molecule has 116 valence electrons. The standard InChI is InChI=1S/C16H13N3O2S2/c1-20-9-3-5-13-11(7-9)17-15(22-13)19-16-18-12-8-10(21-2)4-6-14(12)23-16/h3-8H,1-2H3,(H,17,18,19). The molecule has 0 unspecified atom stereocenters. The molecule has 0 saturated heterocycles. The van der Waals surface area contributed by atoms with Gasteiger partial charge >= 0.3 is 0 Å². The zero-order valence-corrected chi connectivity index (χ0v) is 14.1. The number of methoxy groups -OCH3 is 2. The average Bonchev–Trinajstić information content (AvgIpc) is 3.15. The molecule has 2 aromatic heterocycles. The number of hydrogen-bond acceptors (Lipinski definition) is 7. The van der Waals surface area contributed by atoms with Crippen LogP contribution < -0.4 is 14.8 Å². The molecule has 0 bridgehead atoms. The fourth-order valence-electron chi connectivity index (χ4n) is 2.27. The van der Waals surface area contributed by atoms with E-state index in [-0.39, 0.29) is 0 Å². The smallest absolute Gasteiger partial charge is 0.190 e. The van der Waals surface area contributed by atoms with Gasteiger partial charge in [0.05, 0.1) is 34.7 Å². The molecule has 0 aliphatic rings. The van der Waals surface area contributed by atoms with Crippen LogP contribution in [0.2, 0.25) is 0 Å². The van der Waals surface area contributed by atoms with Crippen molar-refractivity contribution >= 4 is 53.4 Å². The Morgan fingerprint density at radius 3 is 1.70 bits per heavy atom. The number of fused-ring (bicyclic) bond motifs is 2. The molecule has 4 rings (SSSR count). The second-order valence-electron chi connectivity index (χ2n) is 4.83. The van der Waals surface area contributed by atoms with Crippen LogP contribution in [-0.2, 0) is 0 Å². The lowest BCUT2D eigenvalue weighted by molar-refractivity contribution is 0.415. The summed E-state index contributed by atoms with van der Waals surface area (Å²) in [5, 5.41) is 4.93. The summed E-state index contributed by atoms with van der Waals surface area (Å²) < 4.78 is 12.7. The number of rotatable bonds is 4. The molecular weight excluding hydrogens is 330 g/mol. The molecule has 0 fully saturated rings. The summed E-state index contributed by atoms with van der Waals surface area (Å²) in [4.78, 5) is 9.18. The van der Waals surface area contributed by atoms with Crippen LogP contribution in [0.25, 0.3) is 20.4 Å². The van der Waals surface area contributed by atoms with Gasteiger partial charge in [0.25, 0.3) is 0 Å². The first-order valence-electron chi connectivity index (χ1n) is 6.91. The van der Waals surface area contributed by atoms with E-state index in [0.717, 1.165) is 42.2 Å². The molecule has 0 aliphatic carbocycles. The molecule has 23 heavy (non-hydrogen) atoms. The van der Waals surface area contributed by atoms with Crippen LogP contribution in [0, 0.1) is 0 Å². The summed E-state index contributed by atoms with van der Waals surface area (Å²) in [5.74, 6) is 1.61. The van der Waals surface area contributed by atoms with Gasteiger partial charge in [-0.3, -0.25) is 0 Å². The summed E-state index contributed by atoms with van der Waals surface area (Å²) in [6, 6.07) is 11.8. The monoisotopic (exact) mass is 343 g/mol. The van der Waals surface area contributed by atoms with Gasteiger partial charge in [-0.1, -0.05) is 22.7 Å². The van der Waals surface area contributed by atoms with E-state index in [0.29, 0.717) is 0 Å². The van der Waals surface area contributed by atoms with Gasteiger partial charge in [-0.2, -0.15) is 0 Å². The first-order valence-corrected chi connectivity index (χ1v) is 8.54. The Morgan fingerprint density at radius 1 is 0.783 bits per heavy atom. The quantitative estimate of drug-likeness (QED) is 0.584. The van der Waals surface area contributed by atoms with Crippen LogP contribution in [0.3, 0.4) is 0 Å². The molecule has 7 heteroatoms. The van der Waals surface area contributed by atoms with Crippen molar-refractivity contribution in [2.75, 3.05) is 19.5 Å². The topological polar surface area (TPSA) is 56.3 Å². The molecule has 0 radical (unpaired) electrons. The first-order chi connectivity index (χ1) is 11.2. The van der Waals surface area contributed by atoms with Crippen molar-refractivity contribution in [3.63, 3.8) is 0 Å². The number of benzene rings is 2. The first kappa shape index (κ1) is 14.2. The fraction of sp³-hybridized carbons (Fsp3) is 0.125. The second kappa shape index (κ2) is 5.68. The van der Waals surface area contributed by atoms with E-state index in [1.54, 1.807) is 36.9 Å². The molecule has 0 amide bonds. The third-order valence-electron chi connectivity index (χ3n) is 3.40. The summed E-state index contributed by atoms with van der Waals surface area (Å²) in [6.07, 6.45) is 0. The molecule has 4 aromatic rings. The highest BCUT2D eigenvalue weighted by Crippen LogP contribution is 2.34. The Morgan fingerprint density at radius 2 is 1.26 bits per heavy atom. The van der Waals surface area contributed by atoms with Crippen molar-refractivity contribution in [2.45, 2.75) is 0 Å².